The molecule has 1 amide bonds. The minimum Gasteiger partial charge on any atom is -0.342 e. The van der Waals surface area contributed by atoms with Gasteiger partial charge in [-0.05, 0) is 25.2 Å². The van der Waals surface area contributed by atoms with Gasteiger partial charge in [-0.3, -0.25) is 4.79 Å². The van der Waals surface area contributed by atoms with Crippen molar-refractivity contribution in [3.63, 3.8) is 0 Å². The van der Waals surface area contributed by atoms with E-state index in [1.165, 1.54) is 0 Å². The van der Waals surface area contributed by atoms with Crippen molar-refractivity contribution >= 4 is 21.8 Å². The second kappa shape index (κ2) is 5.74. The fraction of sp³-hybridized carbons (Fsp3) is 0.909. The molecule has 1 fully saturated rings. The first-order valence-electron chi connectivity index (χ1n) is 5.53. The number of alkyl halides is 1. The van der Waals surface area contributed by atoms with Crippen LogP contribution < -0.4 is 0 Å². The van der Waals surface area contributed by atoms with Crippen LogP contribution in [0.15, 0.2) is 0 Å². The van der Waals surface area contributed by atoms with Crippen LogP contribution in [0.25, 0.3) is 0 Å². The lowest BCUT2D eigenvalue weighted by Gasteiger charge is -2.32. The molecule has 14 heavy (non-hydrogen) atoms. The van der Waals surface area contributed by atoms with E-state index in [0.717, 1.165) is 43.6 Å². The molecule has 1 heterocycles. The maximum absolute atomic E-state index is 11.8. The summed E-state index contributed by atoms with van der Waals surface area (Å²) in [6.45, 7) is 6.02. The second-order valence-electron chi connectivity index (χ2n) is 4.23. The Labute approximate surface area is 95.2 Å². The third-order valence-electron chi connectivity index (χ3n) is 3.18. The predicted molar refractivity (Wildman–Crippen MR) is 62.6 cm³/mol. The Balaban J connectivity index is 2.37. The molecule has 1 rings (SSSR count). The van der Waals surface area contributed by atoms with Crippen molar-refractivity contribution in [1.82, 2.24) is 4.90 Å². The van der Waals surface area contributed by atoms with Crippen LogP contribution >= 0.6 is 15.9 Å². The van der Waals surface area contributed by atoms with E-state index in [2.05, 4.69) is 22.9 Å². The summed E-state index contributed by atoms with van der Waals surface area (Å²) in [7, 11) is 0. The van der Waals surface area contributed by atoms with Gasteiger partial charge in [0.05, 0.1) is 0 Å². The normalized spacial score (nSPS) is 20.9. The van der Waals surface area contributed by atoms with E-state index in [4.69, 9.17) is 0 Å². The summed E-state index contributed by atoms with van der Waals surface area (Å²) in [4.78, 5) is 13.9. The van der Waals surface area contributed by atoms with Crippen LogP contribution in [-0.2, 0) is 4.79 Å². The highest BCUT2D eigenvalue weighted by Gasteiger charge is 2.24. The average Bonchev–Trinajstić information content (AvgIpc) is 2.27. The molecular formula is C11H20BrNO. The first-order valence-corrected chi connectivity index (χ1v) is 6.66. The molecule has 1 saturated heterocycles. The number of rotatable bonds is 3. The molecule has 0 aromatic carbocycles. The van der Waals surface area contributed by atoms with Crippen molar-refractivity contribution in [2.45, 2.75) is 33.1 Å². The highest BCUT2D eigenvalue weighted by Crippen LogP contribution is 2.20. The minimum atomic E-state index is 0.204. The lowest BCUT2D eigenvalue weighted by atomic mass is 9.97. The Morgan fingerprint density at radius 1 is 1.50 bits per heavy atom. The summed E-state index contributed by atoms with van der Waals surface area (Å²) in [5.41, 5.74) is 0. The predicted octanol–water partition coefficient (Wildman–Crippen LogP) is 2.67. The molecule has 0 saturated carbocycles. The standard InChI is InChI=1S/C11H20BrNO/c1-3-9(2)11(14)13-6-4-10(8-12)5-7-13/h9-10H,3-8H2,1-2H3. The summed E-state index contributed by atoms with van der Waals surface area (Å²) < 4.78 is 0. The van der Waals surface area contributed by atoms with Crippen molar-refractivity contribution < 1.29 is 4.79 Å². The van der Waals surface area contributed by atoms with Gasteiger partial charge in [-0.15, -0.1) is 0 Å². The van der Waals surface area contributed by atoms with Crippen LogP contribution in [0, 0.1) is 11.8 Å². The first-order chi connectivity index (χ1) is 6.69. The number of halogens is 1. The number of hydrogen-bond acceptors (Lipinski definition) is 1. The molecule has 0 spiro atoms. The summed E-state index contributed by atoms with van der Waals surface area (Å²) in [6.07, 6.45) is 3.28. The first kappa shape index (κ1) is 12.0. The monoisotopic (exact) mass is 261 g/mol. The highest BCUT2D eigenvalue weighted by molar-refractivity contribution is 9.09. The number of amides is 1. The van der Waals surface area contributed by atoms with Crippen LogP contribution in [0.3, 0.4) is 0 Å². The van der Waals surface area contributed by atoms with Gasteiger partial charge in [0.2, 0.25) is 5.91 Å². The zero-order valence-electron chi connectivity index (χ0n) is 9.13. The SMILES string of the molecule is CCC(C)C(=O)N1CCC(CBr)CC1. The van der Waals surface area contributed by atoms with E-state index >= 15 is 0 Å². The van der Waals surface area contributed by atoms with Crippen LogP contribution in [0.4, 0.5) is 0 Å². The number of hydrogen-bond donors (Lipinski definition) is 0. The molecule has 0 radical (unpaired) electrons. The van der Waals surface area contributed by atoms with Gasteiger partial charge in [0.1, 0.15) is 0 Å². The fourth-order valence-corrected chi connectivity index (χ4v) is 2.44. The van der Waals surface area contributed by atoms with E-state index < -0.39 is 0 Å². The van der Waals surface area contributed by atoms with E-state index in [-0.39, 0.29) is 5.92 Å². The average molecular weight is 262 g/mol. The molecule has 1 atom stereocenters. The molecule has 0 aromatic heterocycles. The second-order valence-corrected chi connectivity index (χ2v) is 4.88. The Bertz CT molecular complexity index is 188. The number of piperidine rings is 1. The summed E-state index contributed by atoms with van der Waals surface area (Å²) in [5.74, 6) is 1.33. The Kier molecular flexibility index (Phi) is 4.93. The maximum Gasteiger partial charge on any atom is 0.225 e. The van der Waals surface area contributed by atoms with Crippen LogP contribution in [-0.4, -0.2) is 29.2 Å². The Hall–Kier alpha value is -0.0500. The van der Waals surface area contributed by atoms with Gasteiger partial charge < -0.3 is 4.90 Å². The summed E-state index contributed by atoms with van der Waals surface area (Å²) in [6, 6.07) is 0. The number of carbonyl (C=O) groups is 1. The molecule has 82 valence electrons. The van der Waals surface area contributed by atoms with Gasteiger partial charge in [-0.2, -0.15) is 0 Å². The van der Waals surface area contributed by atoms with Gasteiger partial charge >= 0.3 is 0 Å². The molecule has 1 unspecified atom stereocenters. The van der Waals surface area contributed by atoms with Crippen molar-refractivity contribution in [2.75, 3.05) is 18.4 Å². The summed E-state index contributed by atoms with van der Waals surface area (Å²) >= 11 is 3.51. The smallest absolute Gasteiger partial charge is 0.225 e. The lowest BCUT2D eigenvalue weighted by Crippen LogP contribution is -2.41. The van der Waals surface area contributed by atoms with Gasteiger partial charge in [0.15, 0.2) is 0 Å². The van der Waals surface area contributed by atoms with Gasteiger partial charge in [-0.25, -0.2) is 0 Å². The molecule has 0 bridgehead atoms. The molecular weight excluding hydrogens is 242 g/mol. The maximum atomic E-state index is 11.8. The fourth-order valence-electron chi connectivity index (χ4n) is 1.79. The zero-order chi connectivity index (χ0) is 10.6. The van der Waals surface area contributed by atoms with Crippen LogP contribution in [0.5, 0.6) is 0 Å². The van der Waals surface area contributed by atoms with E-state index in [9.17, 15) is 4.79 Å². The lowest BCUT2D eigenvalue weighted by molar-refractivity contribution is -0.136. The van der Waals surface area contributed by atoms with E-state index in [1.807, 2.05) is 11.8 Å². The van der Waals surface area contributed by atoms with Crippen molar-refractivity contribution in [3.05, 3.63) is 0 Å². The van der Waals surface area contributed by atoms with Crippen molar-refractivity contribution in [1.29, 1.82) is 0 Å². The third kappa shape index (κ3) is 2.97. The summed E-state index contributed by atoms with van der Waals surface area (Å²) in [5, 5.41) is 1.08. The topological polar surface area (TPSA) is 20.3 Å². The minimum absolute atomic E-state index is 0.204. The van der Waals surface area contributed by atoms with Gasteiger partial charge in [0.25, 0.3) is 0 Å². The molecule has 0 aliphatic carbocycles. The molecule has 2 nitrogen and oxygen atoms in total. The van der Waals surface area contributed by atoms with Crippen LogP contribution in [0.2, 0.25) is 0 Å². The highest BCUT2D eigenvalue weighted by atomic mass is 79.9. The van der Waals surface area contributed by atoms with Crippen molar-refractivity contribution in [3.8, 4) is 0 Å². The molecule has 0 aromatic rings. The molecule has 1 aliphatic rings. The molecule has 1 aliphatic heterocycles. The van der Waals surface area contributed by atoms with Gasteiger partial charge in [0, 0.05) is 24.3 Å². The van der Waals surface area contributed by atoms with E-state index in [0.29, 0.717) is 5.91 Å². The largest absolute Gasteiger partial charge is 0.342 e. The van der Waals surface area contributed by atoms with Crippen LogP contribution in [0.1, 0.15) is 33.1 Å². The zero-order valence-corrected chi connectivity index (χ0v) is 10.7. The number of carbonyl (C=O) groups excluding carboxylic acids is 1. The van der Waals surface area contributed by atoms with E-state index in [1.54, 1.807) is 0 Å². The number of likely N-dealkylation sites (tertiary alicyclic amines) is 1. The quantitative estimate of drug-likeness (QED) is 0.716. The number of nitrogens with zero attached hydrogens (tertiary/aromatic N) is 1. The third-order valence-corrected chi connectivity index (χ3v) is 4.09. The molecule has 0 N–H and O–H groups in total. The Morgan fingerprint density at radius 2 is 2.07 bits per heavy atom. The van der Waals surface area contributed by atoms with Crippen molar-refractivity contribution in [2.24, 2.45) is 11.8 Å². The Morgan fingerprint density at radius 3 is 2.50 bits per heavy atom. The molecule has 3 heteroatoms. The van der Waals surface area contributed by atoms with Gasteiger partial charge in [-0.1, -0.05) is 29.8 Å².